The molecule has 7 atom stereocenters. The molecule has 0 aromatic rings. The molecule has 0 aromatic carbocycles. The molecule has 0 radical (unpaired) electrons. The van der Waals surface area contributed by atoms with Crippen molar-refractivity contribution in [2.24, 2.45) is 23.7 Å². The van der Waals surface area contributed by atoms with Gasteiger partial charge >= 0.3 is 5.97 Å². The third-order valence-corrected chi connectivity index (χ3v) is 5.18. The first-order valence-corrected chi connectivity index (χ1v) is 10.4. The van der Waals surface area contributed by atoms with Crippen LogP contribution >= 0.6 is 0 Å². The van der Waals surface area contributed by atoms with Gasteiger partial charge in [-0.25, -0.2) is 0 Å². The van der Waals surface area contributed by atoms with E-state index < -0.39 is 24.3 Å². The van der Waals surface area contributed by atoms with E-state index in [1.54, 1.807) is 13.8 Å². The molecule has 0 aromatic heterocycles. The van der Waals surface area contributed by atoms with Crippen molar-refractivity contribution in [3.8, 4) is 0 Å². The lowest BCUT2D eigenvalue weighted by atomic mass is 9.83. The molecule has 156 valence electrons. The molecule has 26 heavy (non-hydrogen) atoms. The Morgan fingerprint density at radius 1 is 1.00 bits per heavy atom. The van der Waals surface area contributed by atoms with E-state index in [0.717, 1.165) is 19.4 Å². The molecule has 0 rings (SSSR count). The van der Waals surface area contributed by atoms with Gasteiger partial charge in [-0.2, -0.15) is 0 Å². The lowest BCUT2D eigenvalue weighted by molar-refractivity contribution is -0.177. The van der Waals surface area contributed by atoms with Crippen LogP contribution in [0.4, 0.5) is 0 Å². The molecule has 5 nitrogen and oxygen atoms in total. The van der Waals surface area contributed by atoms with E-state index in [4.69, 9.17) is 4.74 Å². The van der Waals surface area contributed by atoms with E-state index in [1.807, 2.05) is 6.92 Å². The summed E-state index contributed by atoms with van der Waals surface area (Å²) >= 11 is 0. The number of esters is 1. The van der Waals surface area contributed by atoms with Crippen molar-refractivity contribution in [3.63, 3.8) is 0 Å². The average molecular weight is 374 g/mol. The fraction of sp³-hybridized carbons (Fsp3) is 0.952. The zero-order chi connectivity index (χ0) is 20.3. The first-order valence-electron chi connectivity index (χ1n) is 10.4. The second-order valence-corrected chi connectivity index (χ2v) is 8.34. The molecule has 0 aliphatic carbocycles. The molecule has 3 N–H and O–H groups in total. The van der Waals surface area contributed by atoms with E-state index in [0.29, 0.717) is 24.3 Å². The normalized spacial score (nSPS) is 19.9. The molecule has 5 heteroatoms. The van der Waals surface area contributed by atoms with Crippen molar-refractivity contribution in [2.75, 3.05) is 6.54 Å². The average Bonchev–Trinajstić information content (AvgIpc) is 2.58. The van der Waals surface area contributed by atoms with Crippen LogP contribution in [0.1, 0.15) is 80.6 Å². The molecule has 0 aliphatic heterocycles. The molecule has 0 amide bonds. The number of hydrogen-bond acceptors (Lipinski definition) is 5. The highest BCUT2D eigenvalue weighted by molar-refractivity contribution is 5.72. The smallest absolute Gasteiger partial charge is 0.313 e. The Bertz CT molecular complexity index is 377. The number of aliphatic hydroxyl groups excluding tert-OH is 2. The van der Waals surface area contributed by atoms with Crippen LogP contribution in [-0.2, 0) is 9.53 Å². The summed E-state index contributed by atoms with van der Waals surface area (Å²) in [6, 6.07) is 0.559. The highest BCUT2D eigenvalue weighted by atomic mass is 16.6. The summed E-state index contributed by atoms with van der Waals surface area (Å²) in [6.45, 7) is 15.3. The molecule has 0 spiro atoms. The number of rotatable bonds is 14. The monoisotopic (exact) mass is 373 g/mol. The van der Waals surface area contributed by atoms with Crippen LogP contribution in [-0.4, -0.2) is 41.2 Å². The van der Waals surface area contributed by atoms with Gasteiger partial charge in [0.2, 0.25) is 0 Å². The van der Waals surface area contributed by atoms with E-state index in [1.165, 1.54) is 12.8 Å². The minimum atomic E-state index is -1.09. The Hall–Kier alpha value is -0.650. The van der Waals surface area contributed by atoms with Gasteiger partial charge in [-0.05, 0) is 57.4 Å². The molecule has 0 saturated carbocycles. The molecular formula is C21H43NO4. The molecule has 0 saturated heterocycles. The first kappa shape index (κ1) is 25.4. The predicted octanol–water partition coefficient (Wildman–Crippen LogP) is 3.72. The second-order valence-electron chi connectivity index (χ2n) is 8.34. The highest BCUT2D eigenvalue weighted by Crippen LogP contribution is 2.25. The Kier molecular flexibility index (Phi) is 13.2. The van der Waals surface area contributed by atoms with E-state index in [9.17, 15) is 15.0 Å². The first-order chi connectivity index (χ1) is 12.1. The molecule has 0 fully saturated rings. The topological polar surface area (TPSA) is 78.8 Å². The second kappa shape index (κ2) is 13.5. The number of nitrogens with one attached hydrogen (secondary N) is 1. The van der Waals surface area contributed by atoms with Crippen LogP contribution in [0.3, 0.4) is 0 Å². The standard InChI is InChI=1S/C21H43NO4/c1-8-10-17(6)22-13-15(4)11-14(3)12-16(5)20(24)18(7)21(25)26-19(23)9-2/h14-20,22-24H,8-13H2,1-7H3/t14?,15-,16?,17-,18?,19?,20?/m1/s1. The van der Waals surface area contributed by atoms with Crippen molar-refractivity contribution >= 4 is 5.97 Å². The summed E-state index contributed by atoms with van der Waals surface area (Å²) in [4.78, 5) is 12.0. The quantitative estimate of drug-likeness (QED) is 0.319. The maximum Gasteiger partial charge on any atom is 0.313 e. The number of aliphatic hydroxyl groups is 2. The van der Waals surface area contributed by atoms with Crippen LogP contribution in [0.2, 0.25) is 0 Å². The van der Waals surface area contributed by atoms with Gasteiger partial charge in [-0.15, -0.1) is 0 Å². The van der Waals surface area contributed by atoms with Gasteiger partial charge in [0.05, 0.1) is 12.0 Å². The predicted molar refractivity (Wildman–Crippen MR) is 107 cm³/mol. The van der Waals surface area contributed by atoms with Crippen LogP contribution in [0, 0.1) is 23.7 Å². The van der Waals surface area contributed by atoms with Gasteiger partial charge in [-0.1, -0.05) is 41.0 Å². The summed E-state index contributed by atoms with van der Waals surface area (Å²) in [5, 5.41) is 23.5. The summed E-state index contributed by atoms with van der Waals surface area (Å²) in [5.74, 6) is -0.107. The zero-order valence-corrected chi connectivity index (χ0v) is 18.0. The van der Waals surface area contributed by atoms with Crippen molar-refractivity contribution in [1.29, 1.82) is 0 Å². The van der Waals surface area contributed by atoms with Crippen molar-refractivity contribution in [1.82, 2.24) is 5.32 Å². The fourth-order valence-electron chi connectivity index (χ4n) is 3.53. The van der Waals surface area contributed by atoms with Crippen LogP contribution < -0.4 is 5.32 Å². The van der Waals surface area contributed by atoms with E-state index in [2.05, 4.69) is 33.0 Å². The Morgan fingerprint density at radius 3 is 2.15 bits per heavy atom. The van der Waals surface area contributed by atoms with E-state index in [-0.39, 0.29) is 5.92 Å². The molecule has 0 aliphatic rings. The van der Waals surface area contributed by atoms with E-state index >= 15 is 0 Å². The Labute approximate surface area is 160 Å². The third-order valence-electron chi connectivity index (χ3n) is 5.18. The third kappa shape index (κ3) is 10.5. The zero-order valence-electron chi connectivity index (χ0n) is 18.0. The number of hydrogen-bond donors (Lipinski definition) is 3. The summed E-state index contributed by atoms with van der Waals surface area (Å²) in [6.07, 6.45) is 2.86. The minimum absolute atomic E-state index is 0.00509. The Balaban J connectivity index is 4.29. The van der Waals surface area contributed by atoms with Gasteiger partial charge in [0.25, 0.3) is 0 Å². The molecule has 0 heterocycles. The number of carbonyl (C=O) groups is 1. The lowest BCUT2D eigenvalue weighted by Gasteiger charge is -2.27. The van der Waals surface area contributed by atoms with Crippen molar-refractivity contribution in [2.45, 2.75) is 99.0 Å². The number of ether oxygens (including phenoxy) is 1. The lowest BCUT2D eigenvalue weighted by Crippen LogP contribution is -2.35. The van der Waals surface area contributed by atoms with Gasteiger partial charge in [0, 0.05) is 12.5 Å². The van der Waals surface area contributed by atoms with Gasteiger partial charge in [-0.3, -0.25) is 4.79 Å². The maximum absolute atomic E-state index is 12.0. The summed E-state index contributed by atoms with van der Waals surface area (Å²) in [7, 11) is 0. The van der Waals surface area contributed by atoms with Crippen LogP contribution in [0.15, 0.2) is 0 Å². The fourth-order valence-corrected chi connectivity index (χ4v) is 3.53. The number of carbonyl (C=O) groups excluding carboxylic acids is 1. The highest BCUT2D eigenvalue weighted by Gasteiger charge is 2.30. The Morgan fingerprint density at radius 2 is 1.62 bits per heavy atom. The SMILES string of the molecule is CCC[C@@H](C)NC[C@H](C)CC(C)CC(C)C(O)C(C)C(=O)OC(O)CC. The van der Waals surface area contributed by atoms with Gasteiger partial charge in [0.15, 0.2) is 6.29 Å². The molecule has 5 unspecified atom stereocenters. The summed E-state index contributed by atoms with van der Waals surface area (Å²) in [5.41, 5.74) is 0. The summed E-state index contributed by atoms with van der Waals surface area (Å²) < 4.78 is 4.92. The minimum Gasteiger partial charge on any atom is -0.436 e. The van der Waals surface area contributed by atoms with Crippen molar-refractivity contribution < 1.29 is 19.7 Å². The largest absolute Gasteiger partial charge is 0.436 e. The van der Waals surface area contributed by atoms with Gasteiger partial charge in [0.1, 0.15) is 0 Å². The maximum atomic E-state index is 12.0. The van der Waals surface area contributed by atoms with Crippen molar-refractivity contribution in [3.05, 3.63) is 0 Å². The van der Waals surface area contributed by atoms with Crippen LogP contribution in [0.25, 0.3) is 0 Å². The molecule has 0 bridgehead atoms. The van der Waals surface area contributed by atoms with Crippen LogP contribution in [0.5, 0.6) is 0 Å². The molecular weight excluding hydrogens is 330 g/mol. The van der Waals surface area contributed by atoms with Gasteiger partial charge < -0.3 is 20.3 Å².